The van der Waals surface area contributed by atoms with Crippen molar-refractivity contribution in [2.75, 3.05) is 25.1 Å². The van der Waals surface area contributed by atoms with Gasteiger partial charge in [0.15, 0.2) is 11.6 Å². The van der Waals surface area contributed by atoms with Crippen molar-refractivity contribution in [3.8, 4) is 0 Å². The van der Waals surface area contributed by atoms with Crippen LogP contribution in [0.2, 0.25) is 0 Å². The summed E-state index contributed by atoms with van der Waals surface area (Å²) in [6.45, 7) is 2.31. The van der Waals surface area contributed by atoms with Crippen molar-refractivity contribution in [2.45, 2.75) is 19.3 Å². The van der Waals surface area contributed by atoms with Crippen molar-refractivity contribution >= 4 is 5.82 Å². The third kappa shape index (κ3) is 3.77. The van der Waals surface area contributed by atoms with Crippen molar-refractivity contribution in [3.63, 3.8) is 0 Å². The summed E-state index contributed by atoms with van der Waals surface area (Å²) < 4.78 is 18.6. The molecule has 0 bridgehead atoms. The first-order chi connectivity index (χ1) is 7.86. The van der Waals surface area contributed by atoms with Gasteiger partial charge in [-0.25, -0.2) is 9.37 Å². The van der Waals surface area contributed by atoms with E-state index in [1.807, 2.05) is 0 Å². The molecule has 3 nitrogen and oxygen atoms in total. The van der Waals surface area contributed by atoms with Crippen molar-refractivity contribution in [1.82, 2.24) is 4.98 Å². The number of hydrogen-bond donors (Lipinski definition) is 1. The molecule has 0 amide bonds. The quantitative estimate of drug-likeness (QED) is 0.722. The Kier molecular flexibility index (Phi) is 4.10. The van der Waals surface area contributed by atoms with Gasteiger partial charge >= 0.3 is 0 Å². The van der Waals surface area contributed by atoms with Crippen LogP contribution < -0.4 is 5.32 Å². The highest BCUT2D eigenvalue weighted by molar-refractivity contribution is 5.35. The lowest BCUT2D eigenvalue weighted by Crippen LogP contribution is -2.08. The smallest absolute Gasteiger partial charge is 0.165 e. The molecule has 0 aliphatic heterocycles. The van der Waals surface area contributed by atoms with Gasteiger partial charge in [-0.15, -0.1) is 0 Å². The molecular weight excluding hydrogens is 207 g/mol. The third-order valence-electron chi connectivity index (χ3n) is 2.57. The number of rotatable bonds is 7. The predicted octanol–water partition coefficient (Wildman–Crippen LogP) is 2.45. The Hall–Kier alpha value is -1.16. The van der Waals surface area contributed by atoms with Crippen LogP contribution in [0.15, 0.2) is 18.3 Å². The fraction of sp³-hybridized carbons (Fsp3) is 0.583. The molecule has 4 heteroatoms. The summed E-state index contributed by atoms with van der Waals surface area (Å²) in [4.78, 5) is 3.91. The topological polar surface area (TPSA) is 34.2 Å². The zero-order valence-electron chi connectivity index (χ0n) is 9.29. The summed E-state index contributed by atoms with van der Waals surface area (Å²) in [5.41, 5.74) is 0. The van der Waals surface area contributed by atoms with Crippen molar-refractivity contribution in [3.05, 3.63) is 24.1 Å². The maximum absolute atomic E-state index is 13.1. The highest BCUT2D eigenvalue weighted by Crippen LogP contribution is 2.28. The molecule has 0 aromatic carbocycles. The molecule has 1 saturated carbocycles. The Morgan fingerprint density at radius 2 is 2.38 bits per heavy atom. The summed E-state index contributed by atoms with van der Waals surface area (Å²) in [5.74, 6) is 0.826. The summed E-state index contributed by atoms with van der Waals surface area (Å²) in [7, 11) is 0. The molecule has 1 aromatic rings. The standard InChI is InChI=1S/C12H17FN2O/c13-11-3-1-6-14-12(11)15-7-2-8-16-9-10-4-5-10/h1,3,6,10H,2,4-5,7-9H2,(H,14,15). The lowest BCUT2D eigenvalue weighted by molar-refractivity contribution is 0.124. The molecule has 0 atom stereocenters. The number of hydrogen-bond acceptors (Lipinski definition) is 3. The zero-order valence-corrected chi connectivity index (χ0v) is 9.29. The maximum atomic E-state index is 13.1. The Bertz CT molecular complexity index is 329. The molecule has 1 aromatic heterocycles. The molecule has 0 saturated heterocycles. The van der Waals surface area contributed by atoms with Gasteiger partial charge in [-0.1, -0.05) is 0 Å². The van der Waals surface area contributed by atoms with E-state index >= 15 is 0 Å². The molecule has 0 spiro atoms. The third-order valence-corrected chi connectivity index (χ3v) is 2.57. The number of nitrogens with zero attached hydrogens (tertiary/aromatic N) is 1. The molecule has 1 fully saturated rings. The minimum absolute atomic E-state index is 0.304. The monoisotopic (exact) mass is 224 g/mol. The summed E-state index contributed by atoms with van der Waals surface area (Å²) in [6.07, 6.45) is 5.09. The van der Waals surface area contributed by atoms with Gasteiger partial charge in [0.2, 0.25) is 0 Å². The Balaban J connectivity index is 1.55. The minimum Gasteiger partial charge on any atom is -0.381 e. The first-order valence-corrected chi connectivity index (χ1v) is 5.78. The first-order valence-electron chi connectivity index (χ1n) is 5.78. The average molecular weight is 224 g/mol. The Morgan fingerprint density at radius 1 is 1.50 bits per heavy atom. The molecule has 2 rings (SSSR count). The van der Waals surface area contributed by atoms with Gasteiger partial charge in [0.25, 0.3) is 0 Å². The lowest BCUT2D eigenvalue weighted by Gasteiger charge is -2.06. The highest BCUT2D eigenvalue weighted by Gasteiger charge is 2.20. The van der Waals surface area contributed by atoms with Crippen LogP contribution in [-0.2, 0) is 4.74 Å². The van der Waals surface area contributed by atoms with E-state index in [2.05, 4.69) is 10.3 Å². The fourth-order valence-electron chi connectivity index (χ4n) is 1.43. The fourth-order valence-corrected chi connectivity index (χ4v) is 1.43. The number of anilines is 1. The molecule has 16 heavy (non-hydrogen) atoms. The second-order valence-electron chi connectivity index (χ2n) is 4.13. The van der Waals surface area contributed by atoms with Crippen molar-refractivity contribution < 1.29 is 9.13 Å². The van der Waals surface area contributed by atoms with Crippen LogP contribution in [0.3, 0.4) is 0 Å². The molecule has 1 heterocycles. The van der Waals surface area contributed by atoms with Gasteiger partial charge in [-0.05, 0) is 37.3 Å². The highest BCUT2D eigenvalue weighted by atomic mass is 19.1. The van der Waals surface area contributed by atoms with E-state index < -0.39 is 0 Å². The van der Waals surface area contributed by atoms with Gasteiger partial charge in [0, 0.05) is 26.0 Å². The van der Waals surface area contributed by atoms with Gasteiger partial charge in [-0.2, -0.15) is 0 Å². The second kappa shape index (κ2) is 5.80. The maximum Gasteiger partial charge on any atom is 0.165 e. The van der Waals surface area contributed by atoms with E-state index in [1.54, 1.807) is 12.3 Å². The number of nitrogens with one attached hydrogen (secondary N) is 1. The normalized spacial score (nSPS) is 15.1. The van der Waals surface area contributed by atoms with Gasteiger partial charge in [0.1, 0.15) is 0 Å². The van der Waals surface area contributed by atoms with Crippen LogP contribution in [0, 0.1) is 11.7 Å². The summed E-state index contributed by atoms with van der Waals surface area (Å²) >= 11 is 0. The average Bonchev–Trinajstić information content (AvgIpc) is 3.09. The van der Waals surface area contributed by atoms with Gasteiger partial charge < -0.3 is 10.1 Å². The van der Waals surface area contributed by atoms with Crippen molar-refractivity contribution in [1.29, 1.82) is 0 Å². The van der Waals surface area contributed by atoms with Crippen LogP contribution in [0.4, 0.5) is 10.2 Å². The van der Waals surface area contributed by atoms with Crippen LogP contribution in [-0.4, -0.2) is 24.7 Å². The van der Waals surface area contributed by atoms with Gasteiger partial charge in [0.05, 0.1) is 0 Å². The number of aromatic nitrogens is 1. The van der Waals surface area contributed by atoms with E-state index in [1.165, 1.54) is 18.9 Å². The largest absolute Gasteiger partial charge is 0.381 e. The number of pyridine rings is 1. The Labute approximate surface area is 95.0 Å². The predicted molar refractivity (Wildman–Crippen MR) is 60.8 cm³/mol. The molecule has 0 radical (unpaired) electrons. The van der Waals surface area contributed by atoms with E-state index in [0.717, 1.165) is 25.6 Å². The SMILES string of the molecule is Fc1cccnc1NCCCOCC1CC1. The molecular formula is C12H17FN2O. The number of halogens is 1. The van der Waals surface area contributed by atoms with E-state index in [-0.39, 0.29) is 5.82 Å². The zero-order chi connectivity index (χ0) is 11.2. The first kappa shape index (κ1) is 11.3. The van der Waals surface area contributed by atoms with E-state index in [0.29, 0.717) is 12.4 Å². The number of ether oxygens (including phenoxy) is 1. The van der Waals surface area contributed by atoms with Crippen LogP contribution in [0.1, 0.15) is 19.3 Å². The molecule has 0 unspecified atom stereocenters. The summed E-state index contributed by atoms with van der Waals surface area (Å²) in [6, 6.07) is 2.98. The van der Waals surface area contributed by atoms with E-state index in [4.69, 9.17) is 4.74 Å². The van der Waals surface area contributed by atoms with Crippen molar-refractivity contribution in [2.24, 2.45) is 5.92 Å². The lowest BCUT2D eigenvalue weighted by atomic mass is 10.4. The summed E-state index contributed by atoms with van der Waals surface area (Å²) in [5, 5.41) is 2.95. The van der Waals surface area contributed by atoms with Crippen LogP contribution >= 0.6 is 0 Å². The molecule has 1 N–H and O–H groups in total. The van der Waals surface area contributed by atoms with Crippen LogP contribution in [0.25, 0.3) is 0 Å². The Morgan fingerprint density at radius 3 is 3.12 bits per heavy atom. The minimum atomic E-state index is -0.304. The molecule has 1 aliphatic rings. The second-order valence-corrected chi connectivity index (χ2v) is 4.13. The molecule has 1 aliphatic carbocycles. The van der Waals surface area contributed by atoms with Gasteiger partial charge in [-0.3, -0.25) is 0 Å². The van der Waals surface area contributed by atoms with E-state index in [9.17, 15) is 4.39 Å². The van der Waals surface area contributed by atoms with Crippen LogP contribution in [0.5, 0.6) is 0 Å². The molecule has 88 valence electrons.